The maximum Gasteiger partial charge on any atom is 0.335 e. The predicted molar refractivity (Wildman–Crippen MR) is 92.1 cm³/mol. The SMILES string of the molecule is CCCCCCCCc1cc(=O)c2ccc(C(=O)O)cc2s1. The molecule has 0 aliphatic heterocycles. The molecular weight excluding hydrogens is 296 g/mol. The topological polar surface area (TPSA) is 54.4 Å². The number of hydrogen-bond acceptors (Lipinski definition) is 3. The number of carboxylic acids is 1. The maximum absolute atomic E-state index is 12.1. The number of aromatic carboxylic acids is 1. The Morgan fingerprint density at radius 1 is 1.09 bits per heavy atom. The molecule has 0 fully saturated rings. The van der Waals surface area contributed by atoms with Crippen molar-refractivity contribution in [2.45, 2.75) is 51.9 Å². The molecule has 0 saturated heterocycles. The number of aryl methyl sites for hydroxylation is 1. The van der Waals surface area contributed by atoms with E-state index in [0.29, 0.717) is 5.39 Å². The van der Waals surface area contributed by atoms with E-state index in [1.807, 2.05) is 0 Å². The van der Waals surface area contributed by atoms with Gasteiger partial charge >= 0.3 is 5.97 Å². The highest BCUT2D eigenvalue weighted by atomic mass is 32.1. The molecule has 1 aromatic heterocycles. The Kier molecular flexibility index (Phi) is 6.13. The fraction of sp³-hybridized carbons (Fsp3) is 0.444. The fourth-order valence-electron chi connectivity index (χ4n) is 2.54. The first-order valence-electron chi connectivity index (χ1n) is 7.92. The van der Waals surface area contributed by atoms with Crippen LogP contribution in [0.15, 0.2) is 29.1 Å². The molecule has 4 heteroatoms. The number of rotatable bonds is 8. The first-order chi connectivity index (χ1) is 10.6. The summed E-state index contributed by atoms with van der Waals surface area (Å²) in [6, 6.07) is 6.42. The summed E-state index contributed by atoms with van der Waals surface area (Å²) >= 11 is 1.54. The number of benzene rings is 1. The molecule has 0 unspecified atom stereocenters. The first-order valence-corrected chi connectivity index (χ1v) is 8.73. The minimum atomic E-state index is -0.956. The van der Waals surface area contributed by atoms with E-state index < -0.39 is 5.97 Å². The van der Waals surface area contributed by atoms with E-state index in [1.165, 1.54) is 49.5 Å². The molecule has 2 rings (SSSR count). The van der Waals surface area contributed by atoms with E-state index in [9.17, 15) is 9.59 Å². The summed E-state index contributed by atoms with van der Waals surface area (Å²) in [6.07, 6.45) is 8.25. The molecule has 1 aromatic carbocycles. The van der Waals surface area contributed by atoms with Crippen molar-refractivity contribution in [3.05, 3.63) is 44.9 Å². The van der Waals surface area contributed by atoms with Crippen molar-refractivity contribution in [1.29, 1.82) is 0 Å². The molecule has 2 aromatic rings. The largest absolute Gasteiger partial charge is 0.478 e. The Bertz CT molecular complexity index is 703. The Hall–Kier alpha value is -1.68. The Labute approximate surface area is 134 Å². The lowest BCUT2D eigenvalue weighted by Crippen LogP contribution is -2.02. The smallest absolute Gasteiger partial charge is 0.335 e. The van der Waals surface area contributed by atoms with Crippen molar-refractivity contribution in [3.8, 4) is 0 Å². The molecule has 0 saturated carbocycles. The molecule has 1 heterocycles. The summed E-state index contributed by atoms with van der Waals surface area (Å²) in [5.74, 6) is -0.956. The van der Waals surface area contributed by atoms with Gasteiger partial charge in [0.05, 0.1) is 5.56 Å². The molecule has 1 N–H and O–H groups in total. The zero-order valence-corrected chi connectivity index (χ0v) is 13.7. The lowest BCUT2D eigenvalue weighted by Gasteiger charge is -2.04. The number of unbranched alkanes of at least 4 members (excludes halogenated alkanes) is 5. The Balaban J connectivity index is 2.07. The number of hydrogen-bond donors (Lipinski definition) is 1. The van der Waals surface area contributed by atoms with Gasteiger partial charge in [-0.1, -0.05) is 39.0 Å². The van der Waals surface area contributed by atoms with Crippen LogP contribution in [0.25, 0.3) is 10.1 Å². The zero-order valence-electron chi connectivity index (χ0n) is 12.9. The van der Waals surface area contributed by atoms with Gasteiger partial charge in [0, 0.05) is 15.0 Å². The van der Waals surface area contributed by atoms with Crippen molar-refractivity contribution in [3.63, 3.8) is 0 Å². The highest BCUT2D eigenvalue weighted by Crippen LogP contribution is 2.22. The zero-order chi connectivity index (χ0) is 15.9. The molecule has 0 atom stereocenters. The van der Waals surface area contributed by atoms with Crippen molar-refractivity contribution < 1.29 is 9.90 Å². The molecule has 118 valence electrons. The molecule has 0 radical (unpaired) electrons. The van der Waals surface area contributed by atoms with E-state index in [-0.39, 0.29) is 11.0 Å². The second kappa shape index (κ2) is 8.08. The van der Waals surface area contributed by atoms with Crippen molar-refractivity contribution in [2.75, 3.05) is 0 Å². The highest BCUT2D eigenvalue weighted by molar-refractivity contribution is 7.18. The van der Waals surface area contributed by atoms with Crippen molar-refractivity contribution >= 4 is 27.4 Å². The molecule has 0 spiro atoms. The van der Waals surface area contributed by atoms with Crippen molar-refractivity contribution in [2.24, 2.45) is 0 Å². The third-order valence-corrected chi connectivity index (χ3v) is 4.95. The van der Waals surface area contributed by atoms with Gasteiger partial charge in [0.1, 0.15) is 0 Å². The molecule has 0 aliphatic carbocycles. The third kappa shape index (κ3) is 4.41. The second-order valence-electron chi connectivity index (χ2n) is 5.61. The molecule has 3 nitrogen and oxygen atoms in total. The molecule has 0 bridgehead atoms. The van der Waals surface area contributed by atoms with Gasteiger partial charge in [-0.25, -0.2) is 4.79 Å². The lowest BCUT2D eigenvalue weighted by atomic mass is 10.1. The minimum absolute atomic E-state index is 0.00771. The van der Waals surface area contributed by atoms with Crippen LogP contribution in [-0.4, -0.2) is 11.1 Å². The van der Waals surface area contributed by atoms with Gasteiger partial charge in [0.25, 0.3) is 0 Å². The summed E-state index contributed by atoms with van der Waals surface area (Å²) < 4.78 is 0.772. The number of carboxylic acid groups (broad SMARTS) is 1. The van der Waals surface area contributed by atoms with Crippen LogP contribution < -0.4 is 5.43 Å². The van der Waals surface area contributed by atoms with Crippen LogP contribution in [0.4, 0.5) is 0 Å². The molecule has 0 aliphatic rings. The van der Waals surface area contributed by atoms with Gasteiger partial charge in [-0.3, -0.25) is 4.79 Å². The quantitative estimate of drug-likeness (QED) is 0.707. The van der Waals surface area contributed by atoms with Crippen LogP contribution in [0.2, 0.25) is 0 Å². The van der Waals surface area contributed by atoms with Crippen molar-refractivity contribution in [1.82, 2.24) is 0 Å². The van der Waals surface area contributed by atoms with Crippen LogP contribution in [0, 0.1) is 0 Å². The van der Waals surface area contributed by atoms with Gasteiger partial charge in [-0.15, -0.1) is 11.3 Å². The number of carbonyl (C=O) groups is 1. The van der Waals surface area contributed by atoms with Crippen LogP contribution >= 0.6 is 11.3 Å². The summed E-state index contributed by atoms with van der Waals surface area (Å²) in [5.41, 5.74) is 0.228. The number of fused-ring (bicyclic) bond motifs is 1. The summed E-state index contributed by atoms with van der Waals surface area (Å²) in [4.78, 5) is 24.2. The minimum Gasteiger partial charge on any atom is -0.478 e. The fourth-order valence-corrected chi connectivity index (χ4v) is 3.70. The van der Waals surface area contributed by atoms with E-state index >= 15 is 0 Å². The maximum atomic E-state index is 12.1. The van der Waals surface area contributed by atoms with Crippen LogP contribution in [0.5, 0.6) is 0 Å². The molecular formula is C18H22O3S. The van der Waals surface area contributed by atoms with Gasteiger partial charge in [-0.05, 0) is 37.1 Å². The Morgan fingerprint density at radius 2 is 1.82 bits per heavy atom. The summed E-state index contributed by atoms with van der Waals surface area (Å²) in [5, 5.41) is 9.67. The van der Waals surface area contributed by atoms with Gasteiger partial charge in [-0.2, -0.15) is 0 Å². The van der Waals surface area contributed by atoms with E-state index in [0.717, 1.165) is 22.4 Å². The lowest BCUT2D eigenvalue weighted by molar-refractivity contribution is 0.0697. The third-order valence-electron chi connectivity index (χ3n) is 3.80. The standard InChI is InChI=1S/C18H22O3S/c1-2-3-4-5-6-7-8-14-12-16(19)15-10-9-13(18(20)21)11-17(15)22-14/h9-12H,2-8H2,1H3,(H,20,21). The van der Waals surface area contributed by atoms with Gasteiger partial charge in [0.2, 0.25) is 0 Å². The van der Waals surface area contributed by atoms with E-state index in [2.05, 4.69) is 6.92 Å². The van der Waals surface area contributed by atoms with Gasteiger partial charge in [0.15, 0.2) is 5.43 Å². The molecule has 0 amide bonds. The predicted octanol–water partition coefficient (Wildman–Crippen LogP) is 4.86. The summed E-state index contributed by atoms with van der Waals surface area (Å²) in [6.45, 7) is 2.21. The average molecular weight is 318 g/mol. The monoisotopic (exact) mass is 318 g/mol. The summed E-state index contributed by atoms with van der Waals surface area (Å²) in [7, 11) is 0. The average Bonchev–Trinajstić information content (AvgIpc) is 2.50. The van der Waals surface area contributed by atoms with Gasteiger partial charge < -0.3 is 5.11 Å². The highest BCUT2D eigenvalue weighted by Gasteiger charge is 2.07. The second-order valence-corrected chi connectivity index (χ2v) is 6.78. The van der Waals surface area contributed by atoms with Crippen LogP contribution in [-0.2, 0) is 6.42 Å². The van der Waals surface area contributed by atoms with E-state index in [4.69, 9.17) is 5.11 Å². The van der Waals surface area contributed by atoms with E-state index in [1.54, 1.807) is 18.2 Å². The Morgan fingerprint density at radius 3 is 2.55 bits per heavy atom. The molecule has 22 heavy (non-hydrogen) atoms. The normalized spacial score (nSPS) is 11.0. The van der Waals surface area contributed by atoms with Crippen LogP contribution in [0.3, 0.4) is 0 Å². The van der Waals surface area contributed by atoms with Crippen LogP contribution in [0.1, 0.15) is 60.7 Å². The first kappa shape index (κ1) is 16.7.